The molecule has 1 atom stereocenters. The summed E-state index contributed by atoms with van der Waals surface area (Å²) in [7, 11) is 1.82. The lowest BCUT2D eigenvalue weighted by atomic mass is 10.1. The molecule has 2 aromatic heterocycles. The molecule has 0 fully saturated rings. The van der Waals surface area contributed by atoms with Crippen LogP contribution in [0, 0.1) is 6.92 Å². The highest BCUT2D eigenvalue weighted by Crippen LogP contribution is 2.35. The van der Waals surface area contributed by atoms with Gasteiger partial charge >= 0.3 is 0 Å². The quantitative estimate of drug-likeness (QED) is 0.728. The van der Waals surface area contributed by atoms with Crippen molar-refractivity contribution in [3.8, 4) is 0 Å². The summed E-state index contributed by atoms with van der Waals surface area (Å²) in [6, 6.07) is 10.2. The summed E-state index contributed by atoms with van der Waals surface area (Å²) >= 11 is 0. The van der Waals surface area contributed by atoms with E-state index in [0.717, 1.165) is 18.5 Å². The van der Waals surface area contributed by atoms with Gasteiger partial charge in [-0.25, -0.2) is 9.50 Å². The Morgan fingerprint density at radius 3 is 2.96 bits per heavy atom. The first-order valence-electron chi connectivity index (χ1n) is 7.68. The van der Waals surface area contributed by atoms with Crippen molar-refractivity contribution in [1.29, 1.82) is 0 Å². The van der Waals surface area contributed by atoms with Gasteiger partial charge in [-0.2, -0.15) is 4.98 Å². The number of amides is 1. The fourth-order valence-corrected chi connectivity index (χ4v) is 3.23. The Bertz CT molecular complexity index is 901. The molecular formula is C17H17N5O. The molecule has 0 spiro atoms. The van der Waals surface area contributed by atoms with Crippen molar-refractivity contribution in [2.24, 2.45) is 0 Å². The van der Waals surface area contributed by atoms with Gasteiger partial charge in [0.05, 0.1) is 6.04 Å². The molecule has 23 heavy (non-hydrogen) atoms. The van der Waals surface area contributed by atoms with Crippen molar-refractivity contribution in [2.45, 2.75) is 25.8 Å². The van der Waals surface area contributed by atoms with E-state index in [1.807, 2.05) is 32.2 Å². The number of nitrogens with zero attached hydrogens (tertiary/aromatic N) is 5. The molecule has 4 rings (SSSR count). The third-order valence-corrected chi connectivity index (χ3v) is 4.51. The zero-order valence-electron chi connectivity index (χ0n) is 13.1. The smallest absolute Gasteiger partial charge is 0.293 e. The van der Waals surface area contributed by atoms with Gasteiger partial charge in [-0.05, 0) is 37.0 Å². The minimum atomic E-state index is -0.170. The first kappa shape index (κ1) is 13.9. The number of carbonyl (C=O) groups is 1. The summed E-state index contributed by atoms with van der Waals surface area (Å²) in [4.78, 5) is 23.0. The second-order valence-corrected chi connectivity index (χ2v) is 5.90. The predicted octanol–water partition coefficient (Wildman–Crippen LogP) is 2.19. The molecule has 0 saturated carbocycles. The summed E-state index contributed by atoms with van der Waals surface area (Å²) in [5, 5.41) is 4.31. The number of aromatic nitrogens is 4. The van der Waals surface area contributed by atoms with Crippen molar-refractivity contribution in [3.63, 3.8) is 0 Å². The normalized spacial score (nSPS) is 16.5. The van der Waals surface area contributed by atoms with Crippen molar-refractivity contribution in [2.75, 3.05) is 7.05 Å². The first-order valence-corrected chi connectivity index (χ1v) is 7.68. The lowest BCUT2D eigenvalue weighted by Gasteiger charge is -2.24. The Labute approximate surface area is 133 Å². The lowest BCUT2D eigenvalue weighted by Crippen LogP contribution is -2.31. The molecule has 6 nitrogen and oxygen atoms in total. The molecule has 1 aliphatic rings. The zero-order valence-corrected chi connectivity index (χ0v) is 13.1. The van der Waals surface area contributed by atoms with Crippen LogP contribution in [0.25, 0.3) is 5.78 Å². The fourth-order valence-electron chi connectivity index (χ4n) is 3.23. The molecule has 0 saturated heterocycles. The highest BCUT2D eigenvalue weighted by Gasteiger charge is 2.30. The zero-order chi connectivity index (χ0) is 16.0. The van der Waals surface area contributed by atoms with E-state index in [0.29, 0.717) is 5.78 Å². The topological polar surface area (TPSA) is 63.4 Å². The molecule has 2 heterocycles. The van der Waals surface area contributed by atoms with Gasteiger partial charge in [0.15, 0.2) is 0 Å². The SMILES string of the molecule is Cc1ccnc2nc(C(=O)N(C)C3CCc4ccccc43)nn12. The summed E-state index contributed by atoms with van der Waals surface area (Å²) in [6.45, 7) is 1.91. The van der Waals surface area contributed by atoms with Gasteiger partial charge in [-0.15, -0.1) is 5.10 Å². The number of rotatable bonds is 2. The molecule has 0 bridgehead atoms. The maximum Gasteiger partial charge on any atom is 0.293 e. The van der Waals surface area contributed by atoms with Crippen LogP contribution < -0.4 is 0 Å². The minimum absolute atomic E-state index is 0.0827. The second-order valence-electron chi connectivity index (χ2n) is 5.90. The van der Waals surface area contributed by atoms with E-state index >= 15 is 0 Å². The monoisotopic (exact) mass is 307 g/mol. The van der Waals surface area contributed by atoms with Gasteiger partial charge in [-0.3, -0.25) is 4.79 Å². The molecule has 0 radical (unpaired) electrons. The van der Waals surface area contributed by atoms with Crippen LogP contribution in [0.1, 0.15) is 39.9 Å². The first-order chi connectivity index (χ1) is 11.1. The van der Waals surface area contributed by atoms with Crippen molar-refractivity contribution >= 4 is 11.7 Å². The molecule has 1 aromatic carbocycles. The summed E-state index contributed by atoms with van der Waals surface area (Å²) in [5.41, 5.74) is 3.44. The van der Waals surface area contributed by atoms with Crippen molar-refractivity contribution in [1.82, 2.24) is 24.5 Å². The second kappa shape index (κ2) is 5.15. The summed E-state index contributed by atoms with van der Waals surface area (Å²) < 4.78 is 1.60. The number of aryl methyl sites for hydroxylation is 2. The number of hydrogen-bond acceptors (Lipinski definition) is 4. The number of benzene rings is 1. The Balaban J connectivity index is 1.67. The van der Waals surface area contributed by atoms with E-state index < -0.39 is 0 Å². The van der Waals surface area contributed by atoms with Crippen LogP contribution in [-0.4, -0.2) is 37.4 Å². The number of fused-ring (bicyclic) bond motifs is 2. The van der Waals surface area contributed by atoms with Gasteiger partial charge in [0.1, 0.15) is 0 Å². The van der Waals surface area contributed by atoms with Crippen LogP contribution >= 0.6 is 0 Å². The third-order valence-electron chi connectivity index (χ3n) is 4.51. The number of hydrogen-bond donors (Lipinski definition) is 0. The van der Waals surface area contributed by atoms with Crippen molar-refractivity contribution in [3.05, 3.63) is 59.2 Å². The molecule has 0 N–H and O–H groups in total. The average molecular weight is 307 g/mol. The highest BCUT2D eigenvalue weighted by molar-refractivity contribution is 5.91. The van der Waals surface area contributed by atoms with Crippen LogP contribution in [0.2, 0.25) is 0 Å². The van der Waals surface area contributed by atoms with Crippen molar-refractivity contribution < 1.29 is 4.79 Å². The van der Waals surface area contributed by atoms with E-state index in [1.54, 1.807) is 15.6 Å². The molecule has 1 amide bonds. The third kappa shape index (κ3) is 2.18. The Kier molecular flexibility index (Phi) is 3.11. The van der Waals surface area contributed by atoms with Gasteiger partial charge < -0.3 is 4.90 Å². The van der Waals surface area contributed by atoms with Crippen LogP contribution in [0.4, 0.5) is 0 Å². The van der Waals surface area contributed by atoms with Gasteiger partial charge in [-0.1, -0.05) is 24.3 Å². The lowest BCUT2D eigenvalue weighted by molar-refractivity contribution is 0.0718. The molecule has 1 aliphatic carbocycles. The Morgan fingerprint density at radius 1 is 1.30 bits per heavy atom. The van der Waals surface area contributed by atoms with Gasteiger partial charge in [0, 0.05) is 18.9 Å². The van der Waals surface area contributed by atoms with Crippen LogP contribution in [0.5, 0.6) is 0 Å². The maximum atomic E-state index is 12.8. The minimum Gasteiger partial charge on any atom is -0.332 e. The maximum absolute atomic E-state index is 12.8. The standard InChI is InChI=1S/C17H17N5O/c1-11-9-10-18-17-19-15(20-22(11)17)16(23)21(2)14-8-7-12-5-3-4-6-13(12)14/h3-6,9-10,14H,7-8H2,1-2H3. The van der Waals surface area contributed by atoms with Gasteiger partial charge in [0.25, 0.3) is 11.7 Å². The van der Waals surface area contributed by atoms with E-state index in [4.69, 9.17) is 0 Å². The van der Waals surface area contributed by atoms with E-state index in [1.165, 1.54) is 11.1 Å². The predicted molar refractivity (Wildman–Crippen MR) is 85.1 cm³/mol. The van der Waals surface area contributed by atoms with E-state index in [-0.39, 0.29) is 17.8 Å². The summed E-state index contributed by atoms with van der Waals surface area (Å²) in [5.74, 6) is 0.476. The van der Waals surface area contributed by atoms with Gasteiger partial charge in [0.2, 0.25) is 5.82 Å². The fraction of sp³-hybridized carbons (Fsp3) is 0.294. The number of carbonyl (C=O) groups excluding carboxylic acids is 1. The molecular weight excluding hydrogens is 290 g/mol. The molecule has 116 valence electrons. The van der Waals surface area contributed by atoms with Crippen LogP contribution in [0.3, 0.4) is 0 Å². The Morgan fingerprint density at radius 2 is 2.13 bits per heavy atom. The summed E-state index contributed by atoms with van der Waals surface area (Å²) in [6.07, 6.45) is 3.61. The van der Waals surface area contributed by atoms with E-state index in [2.05, 4.69) is 27.2 Å². The Hall–Kier alpha value is -2.76. The average Bonchev–Trinajstić information content (AvgIpc) is 3.18. The van der Waals surface area contributed by atoms with Crippen LogP contribution in [-0.2, 0) is 6.42 Å². The highest BCUT2D eigenvalue weighted by atomic mass is 16.2. The van der Waals surface area contributed by atoms with Crippen LogP contribution in [0.15, 0.2) is 36.5 Å². The largest absolute Gasteiger partial charge is 0.332 e. The molecule has 3 aromatic rings. The molecule has 0 aliphatic heterocycles. The molecule has 1 unspecified atom stereocenters. The molecule has 6 heteroatoms. The van der Waals surface area contributed by atoms with E-state index in [9.17, 15) is 4.79 Å².